The molecule has 5 rings (SSSR count). The largest absolute Gasteiger partial charge is 0.411 e. The maximum atomic E-state index is 13.1. The van der Waals surface area contributed by atoms with E-state index in [0.29, 0.717) is 11.1 Å². The van der Waals surface area contributed by atoms with Crippen LogP contribution in [0.3, 0.4) is 0 Å². The minimum atomic E-state index is -0.0787. The highest BCUT2D eigenvalue weighted by Crippen LogP contribution is 2.36. The first-order chi connectivity index (χ1) is 15.2. The first-order valence-corrected chi connectivity index (χ1v) is 12.4. The number of carbonyl (C=O) groups is 1. The molecule has 6 nitrogen and oxygen atoms in total. The summed E-state index contributed by atoms with van der Waals surface area (Å²) in [6, 6.07) is 15.9. The molecule has 0 N–H and O–H groups in total. The Morgan fingerprint density at radius 2 is 1.94 bits per heavy atom. The third-order valence-corrected chi connectivity index (χ3v) is 7.56. The number of nitrogens with zero attached hydrogens (tertiary/aromatic N) is 4. The maximum Gasteiger partial charge on any atom is 0.277 e. The van der Waals surface area contributed by atoms with Crippen LogP contribution in [0.2, 0.25) is 0 Å². The van der Waals surface area contributed by atoms with Gasteiger partial charge >= 0.3 is 0 Å². The van der Waals surface area contributed by atoms with E-state index in [1.54, 1.807) is 27.7 Å². The lowest BCUT2D eigenvalue weighted by atomic mass is 10.1. The first-order valence-electron chi connectivity index (χ1n) is 9.67. The second-order valence-electron chi connectivity index (χ2n) is 7.03. The zero-order valence-corrected chi connectivity index (χ0v) is 19.0. The Balaban J connectivity index is 1.30. The molecule has 1 atom stereocenters. The minimum absolute atomic E-state index is 0.0731. The van der Waals surface area contributed by atoms with E-state index < -0.39 is 0 Å². The number of hydrazone groups is 1. The zero-order chi connectivity index (χ0) is 21.2. The van der Waals surface area contributed by atoms with E-state index in [1.165, 1.54) is 11.8 Å². The highest BCUT2D eigenvalue weighted by atomic mass is 32.2. The Bertz CT molecular complexity index is 1200. The van der Waals surface area contributed by atoms with Crippen LogP contribution in [0, 0.1) is 6.92 Å². The van der Waals surface area contributed by atoms with Crippen LogP contribution >= 0.6 is 34.4 Å². The fraction of sp³-hybridized carbons (Fsp3) is 0.182. The molecule has 3 aromatic heterocycles. The van der Waals surface area contributed by atoms with Gasteiger partial charge in [-0.3, -0.25) is 4.79 Å². The molecule has 0 bridgehead atoms. The van der Waals surface area contributed by atoms with Crippen LogP contribution in [-0.2, 0) is 4.79 Å². The normalized spacial score (nSPS) is 16.0. The molecule has 156 valence electrons. The molecule has 1 amide bonds. The number of thioether (sulfide) groups is 1. The lowest BCUT2D eigenvalue weighted by molar-refractivity contribution is -0.130. The molecule has 1 aliphatic rings. The van der Waals surface area contributed by atoms with E-state index in [1.807, 2.05) is 60.1 Å². The van der Waals surface area contributed by atoms with E-state index in [9.17, 15) is 4.79 Å². The Morgan fingerprint density at radius 1 is 1.13 bits per heavy atom. The van der Waals surface area contributed by atoms with Crippen LogP contribution in [-0.4, -0.2) is 32.6 Å². The van der Waals surface area contributed by atoms with Gasteiger partial charge in [0.2, 0.25) is 5.89 Å². The molecule has 31 heavy (non-hydrogen) atoms. The lowest BCUT2D eigenvalue weighted by Crippen LogP contribution is -2.28. The molecule has 4 heterocycles. The Labute approximate surface area is 191 Å². The van der Waals surface area contributed by atoms with Crippen molar-refractivity contribution in [2.75, 3.05) is 5.75 Å². The number of benzene rings is 1. The van der Waals surface area contributed by atoms with Crippen molar-refractivity contribution in [2.45, 2.75) is 24.6 Å². The van der Waals surface area contributed by atoms with Crippen molar-refractivity contribution in [2.24, 2.45) is 5.10 Å². The number of thiophene rings is 2. The minimum Gasteiger partial charge on any atom is -0.411 e. The van der Waals surface area contributed by atoms with Gasteiger partial charge in [-0.05, 0) is 41.9 Å². The molecule has 1 aromatic carbocycles. The molecule has 1 aliphatic heterocycles. The molecule has 0 aliphatic carbocycles. The second-order valence-corrected chi connectivity index (χ2v) is 9.88. The number of aromatic nitrogens is 2. The third kappa shape index (κ3) is 4.34. The summed E-state index contributed by atoms with van der Waals surface area (Å²) in [5, 5.41) is 18.9. The second kappa shape index (κ2) is 8.78. The summed E-state index contributed by atoms with van der Waals surface area (Å²) in [5.41, 5.74) is 2.97. The van der Waals surface area contributed by atoms with Crippen molar-refractivity contribution in [3.63, 3.8) is 0 Å². The quantitative estimate of drug-likeness (QED) is 0.344. The van der Waals surface area contributed by atoms with Crippen molar-refractivity contribution >= 4 is 46.1 Å². The molecule has 0 spiro atoms. The Morgan fingerprint density at radius 3 is 2.68 bits per heavy atom. The monoisotopic (exact) mass is 466 g/mol. The van der Waals surface area contributed by atoms with Crippen LogP contribution < -0.4 is 0 Å². The summed E-state index contributed by atoms with van der Waals surface area (Å²) in [6.07, 6.45) is 0.718. The Hall–Kier alpha value is -2.75. The number of amides is 1. The molecular weight excluding hydrogens is 448 g/mol. The summed E-state index contributed by atoms with van der Waals surface area (Å²) >= 11 is 4.52. The van der Waals surface area contributed by atoms with E-state index in [2.05, 4.69) is 21.4 Å². The van der Waals surface area contributed by atoms with Crippen LogP contribution in [0.25, 0.3) is 11.5 Å². The smallest absolute Gasteiger partial charge is 0.277 e. The van der Waals surface area contributed by atoms with Gasteiger partial charge in [0.1, 0.15) is 0 Å². The fourth-order valence-corrected chi connectivity index (χ4v) is 5.45. The molecule has 4 aromatic rings. The van der Waals surface area contributed by atoms with Crippen molar-refractivity contribution in [1.82, 2.24) is 15.2 Å². The molecular formula is C22H18N4O2S3. The van der Waals surface area contributed by atoms with Crippen LogP contribution in [0.15, 0.2) is 74.0 Å². The molecule has 9 heteroatoms. The van der Waals surface area contributed by atoms with Crippen molar-refractivity contribution < 1.29 is 9.21 Å². The molecule has 0 saturated carbocycles. The van der Waals surface area contributed by atoms with Gasteiger partial charge in [0.05, 0.1) is 22.4 Å². The predicted octanol–water partition coefficient (Wildman–Crippen LogP) is 5.64. The number of aryl methyl sites for hydroxylation is 1. The number of rotatable bonds is 6. The Kier molecular flexibility index (Phi) is 5.71. The topological polar surface area (TPSA) is 71.6 Å². The van der Waals surface area contributed by atoms with Gasteiger partial charge < -0.3 is 4.42 Å². The molecule has 0 radical (unpaired) electrons. The van der Waals surface area contributed by atoms with Crippen LogP contribution in [0.1, 0.15) is 27.8 Å². The highest BCUT2D eigenvalue weighted by molar-refractivity contribution is 7.99. The van der Waals surface area contributed by atoms with Crippen molar-refractivity contribution in [3.05, 3.63) is 74.6 Å². The van der Waals surface area contributed by atoms with Gasteiger partial charge in [0.15, 0.2) is 0 Å². The van der Waals surface area contributed by atoms with Crippen LogP contribution in [0.5, 0.6) is 0 Å². The predicted molar refractivity (Wildman–Crippen MR) is 125 cm³/mol. The van der Waals surface area contributed by atoms with Gasteiger partial charge in [0.25, 0.3) is 11.1 Å². The molecule has 0 saturated heterocycles. The van der Waals surface area contributed by atoms with Gasteiger partial charge in [-0.1, -0.05) is 41.6 Å². The number of hydrogen-bond donors (Lipinski definition) is 0. The van der Waals surface area contributed by atoms with E-state index >= 15 is 0 Å². The average molecular weight is 467 g/mol. The van der Waals surface area contributed by atoms with E-state index in [0.717, 1.165) is 33.0 Å². The average Bonchev–Trinajstić information content (AvgIpc) is 3.58. The van der Waals surface area contributed by atoms with Crippen molar-refractivity contribution in [1.29, 1.82) is 0 Å². The maximum absolute atomic E-state index is 13.1. The van der Waals surface area contributed by atoms with Gasteiger partial charge in [-0.2, -0.15) is 5.10 Å². The SMILES string of the molecule is Cc1ccc(-c2nnc(SCC(=O)N3N=C(c4cccs4)C[C@H]3c3cccs3)o2)cc1. The zero-order valence-electron chi connectivity index (χ0n) is 16.6. The molecule has 0 fully saturated rings. The van der Waals surface area contributed by atoms with Crippen molar-refractivity contribution in [3.8, 4) is 11.5 Å². The highest BCUT2D eigenvalue weighted by Gasteiger charge is 2.34. The molecule has 0 unspecified atom stereocenters. The summed E-state index contributed by atoms with van der Waals surface area (Å²) in [4.78, 5) is 15.3. The summed E-state index contributed by atoms with van der Waals surface area (Å²) in [6.45, 7) is 2.03. The first kappa shape index (κ1) is 20.2. The van der Waals surface area contributed by atoms with E-state index in [-0.39, 0.29) is 17.7 Å². The van der Waals surface area contributed by atoms with Crippen LogP contribution in [0.4, 0.5) is 0 Å². The third-order valence-electron chi connectivity index (χ3n) is 4.87. The van der Waals surface area contributed by atoms with E-state index in [4.69, 9.17) is 4.42 Å². The fourth-order valence-electron chi connectivity index (χ4n) is 3.30. The summed E-state index contributed by atoms with van der Waals surface area (Å²) in [7, 11) is 0. The number of carbonyl (C=O) groups excluding carboxylic acids is 1. The number of hydrogen-bond acceptors (Lipinski definition) is 8. The van der Waals surface area contributed by atoms with Gasteiger partial charge in [0, 0.05) is 16.9 Å². The summed E-state index contributed by atoms with van der Waals surface area (Å²) < 4.78 is 5.74. The van der Waals surface area contributed by atoms with Gasteiger partial charge in [-0.15, -0.1) is 32.9 Å². The van der Waals surface area contributed by atoms with Gasteiger partial charge in [-0.25, -0.2) is 5.01 Å². The summed E-state index contributed by atoms with van der Waals surface area (Å²) in [5.74, 6) is 0.550. The lowest BCUT2D eigenvalue weighted by Gasteiger charge is -2.20. The standard InChI is InChI=1S/C22H18N4O2S3/c1-14-6-8-15(9-7-14)21-23-24-22(28-21)31-13-20(27)26-17(19-5-3-11-30-19)12-16(25-26)18-4-2-10-29-18/h2-11,17H,12-13H2,1H3/t17-/m0/s1.